The van der Waals surface area contributed by atoms with Gasteiger partial charge in [0.15, 0.2) is 5.78 Å². The monoisotopic (exact) mass is 462 g/mol. The van der Waals surface area contributed by atoms with Gasteiger partial charge in [0.05, 0.1) is 18.8 Å². The number of ketones is 1. The molecule has 0 aromatic heterocycles. The summed E-state index contributed by atoms with van der Waals surface area (Å²) in [6, 6.07) is 0. The molecule has 9 atom stereocenters. The first-order chi connectivity index (χ1) is 15.5. The average molecular weight is 463 g/mol. The van der Waals surface area contributed by atoms with Crippen LogP contribution in [-0.2, 0) is 9.53 Å². The van der Waals surface area contributed by atoms with E-state index in [4.69, 9.17) is 9.84 Å². The lowest BCUT2D eigenvalue weighted by Crippen LogP contribution is -2.57. The fourth-order valence-corrected chi connectivity index (χ4v) is 9.49. The molecule has 4 heteroatoms. The van der Waals surface area contributed by atoms with Crippen molar-refractivity contribution in [2.45, 2.75) is 117 Å². The summed E-state index contributed by atoms with van der Waals surface area (Å²) in [5, 5.41) is 19.2. The summed E-state index contributed by atoms with van der Waals surface area (Å²) in [5.74, 6) is 4.29. The minimum atomic E-state index is -0.548. The second-order valence-corrected chi connectivity index (χ2v) is 13.4. The molecule has 0 amide bonds. The van der Waals surface area contributed by atoms with Crippen molar-refractivity contribution in [3.8, 4) is 0 Å². The SMILES string of the molecule is C[C@H](CCCC(C)(C)O)[C@H]1CC[C@H]2[C@@H]3CC[C@H]4C(=O)[C@@H](OCCO)CC[C@]4(C)[C@H]3CC[C@]12C. The molecule has 4 saturated carbocycles. The lowest BCUT2D eigenvalue weighted by molar-refractivity contribution is -0.165. The Balaban J connectivity index is 1.44. The van der Waals surface area contributed by atoms with E-state index in [2.05, 4.69) is 20.8 Å². The maximum atomic E-state index is 13.3. The zero-order valence-corrected chi connectivity index (χ0v) is 21.9. The Bertz CT molecular complexity index is 698. The number of hydrogen-bond acceptors (Lipinski definition) is 4. The number of ether oxygens (including phenoxy) is 1. The fraction of sp³-hybridized carbons (Fsp3) is 0.966. The Morgan fingerprint density at radius 2 is 1.73 bits per heavy atom. The minimum absolute atomic E-state index is 0.00593. The Kier molecular flexibility index (Phi) is 7.41. The van der Waals surface area contributed by atoms with E-state index in [-0.39, 0.29) is 30.7 Å². The molecule has 4 aliphatic carbocycles. The molecule has 0 aromatic carbocycles. The molecule has 0 heterocycles. The standard InChI is InChI=1S/C29H50O4/c1-19(7-6-14-27(2,3)32)21-10-11-22-20-8-9-24-26(31)25(33-18-17-30)13-16-29(24,5)23(20)12-15-28(21,22)4/h19-25,30,32H,6-18H2,1-5H3/t19-,20+,21-,22+,23+,24+,25+,28-,29-/m1/s1. The van der Waals surface area contributed by atoms with Crippen LogP contribution in [-0.4, -0.2) is 40.9 Å². The van der Waals surface area contributed by atoms with Crippen LogP contribution in [0.2, 0.25) is 0 Å². The van der Waals surface area contributed by atoms with Crippen molar-refractivity contribution >= 4 is 5.78 Å². The number of rotatable bonds is 8. The van der Waals surface area contributed by atoms with Gasteiger partial charge in [-0.05, 0) is 112 Å². The second-order valence-electron chi connectivity index (χ2n) is 13.4. The average Bonchev–Trinajstić information content (AvgIpc) is 3.09. The largest absolute Gasteiger partial charge is 0.394 e. The molecule has 0 aromatic rings. The number of Topliss-reactive ketones (excluding diaryl/α,β-unsaturated/α-hetero) is 1. The van der Waals surface area contributed by atoms with Crippen LogP contribution in [0.25, 0.3) is 0 Å². The third-order valence-electron chi connectivity index (χ3n) is 11.1. The lowest BCUT2D eigenvalue weighted by atomic mass is 9.44. The molecule has 0 unspecified atom stereocenters. The van der Waals surface area contributed by atoms with Crippen molar-refractivity contribution in [3.63, 3.8) is 0 Å². The van der Waals surface area contributed by atoms with E-state index in [1.807, 2.05) is 13.8 Å². The predicted octanol–water partition coefficient (Wildman–Crippen LogP) is 5.78. The topological polar surface area (TPSA) is 66.8 Å². The summed E-state index contributed by atoms with van der Waals surface area (Å²) >= 11 is 0. The van der Waals surface area contributed by atoms with Gasteiger partial charge in [0.1, 0.15) is 6.10 Å². The number of carbonyl (C=O) groups is 1. The first kappa shape index (κ1) is 25.6. The van der Waals surface area contributed by atoms with Crippen LogP contribution in [0.4, 0.5) is 0 Å². The summed E-state index contributed by atoms with van der Waals surface area (Å²) in [5.41, 5.74) is 0.0360. The Hall–Kier alpha value is -0.450. The van der Waals surface area contributed by atoms with Crippen LogP contribution >= 0.6 is 0 Å². The summed E-state index contributed by atoms with van der Waals surface area (Å²) < 4.78 is 5.74. The first-order valence-corrected chi connectivity index (χ1v) is 14.0. The van der Waals surface area contributed by atoms with Crippen molar-refractivity contribution in [1.82, 2.24) is 0 Å². The summed E-state index contributed by atoms with van der Waals surface area (Å²) in [6.45, 7) is 11.6. The van der Waals surface area contributed by atoms with Gasteiger partial charge in [0, 0.05) is 5.92 Å². The van der Waals surface area contributed by atoms with Gasteiger partial charge >= 0.3 is 0 Å². The van der Waals surface area contributed by atoms with Gasteiger partial charge in [0.25, 0.3) is 0 Å². The minimum Gasteiger partial charge on any atom is -0.394 e. The van der Waals surface area contributed by atoms with Crippen LogP contribution in [0, 0.1) is 46.3 Å². The molecule has 0 aliphatic heterocycles. The third kappa shape index (κ3) is 4.70. The Labute approximate surface area is 202 Å². The molecule has 190 valence electrons. The first-order valence-electron chi connectivity index (χ1n) is 14.0. The molecular formula is C29H50O4. The van der Waals surface area contributed by atoms with Crippen LogP contribution in [0.15, 0.2) is 0 Å². The highest BCUT2D eigenvalue weighted by Gasteiger charge is 2.62. The normalized spacial score (nSPS) is 44.2. The van der Waals surface area contributed by atoms with Gasteiger partial charge < -0.3 is 14.9 Å². The summed E-state index contributed by atoms with van der Waals surface area (Å²) in [6.07, 6.45) is 12.5. The van der Waals surface area contributed by atoms with E-state index in [0.29, 0.717) is 17.1 Å². The van der Waals surface area contributed by atoms with E-state index >= 15 is 0 Å². The molecule has 4 fully saturated rings. The fourth-order valence-electron chi connectivity index (χ4n) is 9.49. The van der Waals surface area contributed by atoms with Crippen LogP contribution in [0.5, 0.6) is 0 Å². The van der Waals surface area contributed by atoms with Crippen LogP contribution in [0.3, 0.4) is 0 Å². The summed E-state index contributed by atoms with van der Waals surface area (Å²) in [7, 11) is 0. The van der Waals surface area contributed by atoms with Gasteiger partial charge in [-0.3, -0.25) is 4.79 Å². The Morgan fingerprint density at radius 1 is 1.03 bits per heavy atom. The molecule has 0 radical (unpaired) electrons. The maximum Gasteiger partial charge on any atom is 0.165 e. The predicted molar refractivity (Wildman–Crippen MR) is 132 cm³/mol. The van der Waals surface area contributed by atoms with Gasteiger partial charge in [-0.2, -0.15) is 0 Å². The molecular weight excluding hydrogens is 412 g/mol. The zero-order valence-electron chi connectivity index (χ0n) is 21.9. The quantitative estimate of drug-likeness (QED) is 0.480. The molecule has 0 spiro atoms. The molecule has 4 nitrogen and oxygen atoms in total. The van der Waals surface area contributed by atoms with Crippen LogP contribution < -0.4 is 0 Å². The highest BCUT2D eigenvalue weighted by molar-refractivity contribution is 5.87. The van der Waals surface area contributed by atoms with E-state index in [1.165, 1.54) is 38.5 Å². The molecule has 0 saturated heterocycles. The van der Waals surface area contributed by atoms with Crippen molar-refractivity contribution in [2.24, 2.45) is 46.3 Å². The van der Waals surface area contributed by atoms with E-state index in [0.717, 1.165) is 55.8 Å². The molecule has 33 heavy (non-hydrogen) atoms. The third-order valence-corrected chi connectivity index (χ3v) is 11.1. The molecule has 4 rings (SSSR count). The number of hydrogen-bond donors (Lipinski definition) is 2. The summed E-state index contributed by atoms with van der Waals surface area (Å²) in [4.78, 5) is 13.3. The van der Waals surface area contributed by atoms with Gasteiger partial charge in [-0.1, -0.05) is 33.6 Å². The van der Waals surface area contributed by atoms with Crippen molar-refractivity contribution in [1.29, 1.82) is 0 Å². The van der Waals surface area contributed by atoms with E-state index in [9.17, 15) is 9.90 Å². The molecule has 2 N–H and O–H groups in total. The van der Waals surface area contributed by atoms with E-state index in [1.54, 1.807) is 0 Å². The number of aliphatic hydroxyl groups is 2. The number of aliphatic hydroxyl groups excluding tert-OH is 1. The van der Waals surface area contributed by atoms with Gasteiger partial charge in [-0.15, -0.1) is 0 Å². The van der Waals surface area contributed by atoms with Gasteiger partial charge in [-0.25, -0.2) is 0 Å². The highest BCUT2D eigenvalue weighted by Crippen LogP contribution is 2.68. The van der Waals surface area contributed by atoms with Gasteiger partial charge in [0.2, 0.25) is 0 Å². The van der Waals surface area contributed by atoms with Crippen molar-refractivity contribution < 1.29 is 19.7 Å². The smallest absolute Gasteiger partial charge is 0.165 e. The van der Waals surface area contributed by atoms with Crippen molar-refractivity contribution in [3.05, 3.63) is 0 Å². The maximum absolute atomic E-state index is 13.3. The highest BCUT2D eigenvalue weighted by atomic mass is 16.5. The second kappa shape index (κ2) is 9.54. The number of fused-ring (bicyclic) bond motifs is 5. The molecule has 4 aliphatic rings. The number of carbonyl (C=O) groups excluding carboxylic acids is 1. The molecule has 0 bridgehead atoms. The Morgan fingerprint density at radius 3 is 2.42 bits per heavy atom. The van der Waals surface area contributed by atoms with E-state index < -0.39 is 5.60 Å². The van der Waals surface area contributed by atoms with Crippen LogP contribution in [0.1, 0.15) is 105 Å². The van der Waals surface area contributed by atoms with Crippen molar-refractivity contribution in [2.75, 3.05) is 13.2 Å². The zero-order chi connectivity index (χ0) is 24.0. The lowest BCUT2D eigenvalue weighted by Gasteiger charge is -2.60.